The predicted molar refractivity (Wildman–Crippen MR) is 67.7 cm³/mol. The van der Waals surface area contributed by atoms with E-state index in [9.17, 15) is 13.2 Å². The lowest BCUT2D eigenvalue weighted by Gasteiger charge is -2.20. The van der Waals surface area contributed by atoms with E-state index in [4.69, 9.17) is 4.74 Å². The van der Waals surface area contributed by atoms with Gasteiger partial charge in [0, 0.05) is 12.1 Å². The van der Waals surface area contributed by atoms with Crippen LogP contribution in [-0.2, 0) is 4.74 Å². The highest BCUT2D eigenvalue weighted by Gasteiger charge is 2.36. The maximum absolute atomic E-state index is 12.1. The zero-order chi connectivity index (χ0) is 14.2. The minimum absolute atomic E-state index is 0.130. The number of ether oxygens (including phenoxy) is 1. The SMILES string of the molecule is CC(OCCCCCCNC(C)(C)C)C(F)(F)F. The van der Waals surface area contributed by atoms with E-state index in [1.165, 1.54) is 0 Å². The van der Waals surface area contributed by atoms with Crippen LogP contribution in [0.3, 0.4) is 0 Å². The molecule has 2 nitrogen and oxygen atoms in total. The largest absolute Gasteiger partial charge is 0.414 e. The summed E-state index contributed by atoms with van der Waals surface area (Å²) in [5, 5.41) is 3.37. The van der Waals surface area contributed by atoms with Crippen LogP contribution in [0.1, 0.15) is 53.4 Å². The Bertz CT molecular complexity index is 211. The Morgan fingerprint density at radius 1 is 1.00 bits per heavy atom. The van der Waals surface area contributed by atoms with Gasteiger partial charge in [0.25, 0.3) is 0 Å². The van der Waals surface area contributed by atoms with Crippen molar-refractivity contribution in [3.05, 3.63) is 0 Å². The fourth-order valence-corrected chi connectivity index (χ4v) is 1.40. The van der Waals surface area contributed by atoms with Gasteiger partial charge >= 0.3 is 6.18 Å². The number of rotatable bonds is 8. The van der Waals surface area contributed by atoms with E-state index in [-0.39, 0.29) is 12.1 Å². The van der Waals surface area contributed by atoms with Crippen molar-refractivity contribution in [1.82, 2.24) is 5.32 Å². The summed E-state index contributed by atoms with van der Waals surface area (Å²) in [6, 6.07) is 0. The highest BCUT2D eigenvalue weighted by atomic mass is 19.4. The zero-order valence-corrected chi connectivity index (χ0v) is 11.9. The molecule has 0 heterocycles. The van der Waals surface area contributed by atoms with Crippen molar-refractivity contribution < 1.29 is 17.9 Å². The third-order valence-corrected chi connectivity index (χ3v) is 2.56. The van der Waals surface area contributed by atoms with Gasteiger partial charge in [0.1, 0.15) is 0 Å². The lowest BCUT2D eigenvalue weighted by molar-refractivity contribution is -0.214. The molecule has 0 aromatic rings. The van der Waals surface area contributed by atoms with E-state index in [1.54, 1.807) is 0 Å². The maximum Gasteiger partial charge on any atom is 0.414 e. The Kier molecular flexibility index (Phi) is 7.87. The van der Waals surface area contributed by atoms with Gasteiger partial charge in [-0.15, -0.1) is 0 Å². The van der Waals surface area contributed by atoms with E-state index in [2.05, 4.69) is 26.1 Å². The van der Waals surface area contributed by atoms with Crippen LogP contribution in [0.4, 0.5) is 13.2 Å². The Labute approximate surface area is 108 Å². The summed E-state index contributed by atoms with van der Waals surface area (Å²) in [6.07, 6.45) is -2.22. The predicted octanol–water partition coefficient (Wildman–Crippen LogP) is 3.90. The Morgan fingerprint density at radius 2 is 1.56 bits per heavy atom. The summed E-state index contributed by atoms with van der Waals surface area (Å²) < 4.78 is 41.0. The van der Waals surface area contributed by atoms with E-state index >= 15 is 0 Å². The van der Waals surface area contributed by atoms with E-state index in [0.29, 0.717) is 6.42 Å². The topological polar surface area (TPSA) is 21.3 Å². The third-order valence-electron chi connectivity index (χ3n) is 2.56. The molecule has 0 aromatic heterocycles. The number of alkyl halides is 3. The molecule has 1 atom stereocenters. The van der Waals surface area contributed by atoms with Crippen molar-refractivity contribution in [2.75, 3.05) is 13.2 Å². The van der Waals surface area contributed by atoms with Crippen LogP contribution in [0.5, 0.6) is 0 Å². The Balaban J connectivity index is 3.32. The van der Waals surface area contributed by atoms with Gasteiger partial charge in [0.2, 0.25) is 0 Å². The maximum atomic E-state index is 12.1. The van der Waals surface area contributed by atoms with Crippen molar-refractivity contribution in [3.8, 4) is 0 Å². The number of halogens is 3. The monoisotopic (exact) mass is 269 g/mol. The van der Waals surface area contributed by atoms with Crippen molar-refractivity contribution in [2.24, 2.45) is 0 Å². The van der Waals surface area contributed by atoms with Crippen LogP contribution in [0.15, 0.2) is 0 Å². The molecule has 0 saturated carbocycles. The highest BCUT2D eigenvalue weighted by Crippen LogP contribution is 2.22. The normalized spacial score (nSPS) is 14.8. The van der Waals surface area contributed by atoms with Gasteiger partial charge < -0.3 is 10.1 Å². The lowest BCUT2D eigenvalue weighted by atomic mass is 10.1. The fraction of sp³-hybridized carbons (Fsp3) is 1.00. The quantitative estimate of drug-likeness (QED) is 0.675. The smallest absolute Gasteiger partial charge is 0.369 e. The van der Waals surface area contributed by atoms with Crippen LogP contribution < -0.4 is 5.32 Å². The van der Waals surface area contributed by atoms with E-state index in [1.807, 2.05) is 0 Å². The van der Waals surface area contributed by atoms with Crippen molar-refractivity contribution in [1.29, 1.82) is 0 Å². The first-order valence-electron chi connectivity index (χ1n) is 6.56. The average molecular weight is 269 g/mol. The molecule has 1 N–H and O–H groups in total. The molecule has 0 rings (SSSR count). The summed E-state index contributed by atoms with van der Waals surface area (Å²) in [5.74, 6) is 0. The van der Waals surface area contributed by atoms with Crippen LogP contribution >= 0.6 is 0 Å². The van der Waals surface area contributed by atoms with Gasteiger partial charge in [-0.25, -0.2) is 0 Å². The van der Waals surface area contributed by atoms with Crippen LogP contribution in [0, 0.1) is 0 Å². The molecule has 0 radical (unpaired) electrons. The molecule has 0 spiro atoms. The highest BCUT2D eigenvalue weighted by molar-refractivity contribution is 4.69. The van der Waals surface area contributed by atoms with E-state index < -0.39 is 12.3 Å². The van der Waals surface area contributed by atoms with Crippen LogP contribution in [-0.4, -0.2) is 31.0 Å². The second-order valence-corrected chi connectivity index (χ2v) is 5.65. The fourth-order valence-electron chi connectivity index (χ4n) is 1.40. The van der Waals surface area contributed by atoms with Gasteiger partial charge in [-0.05, 0) is 47.1 Å². The summed E-state index contributed by atoms with van der Waals surface area (Å²) in [5.41, 5.74) is 0.130. The number of nitrogens with one attached hydrogen (secondary N) is 1. The minimum atomic E-state index is -4.24. The van der Waals surface area contributed by atoms with E-state index in [0.717, 1.165) is 32.7 Å². The molecule has 0 saturated heterocycles. The molecular formula is C13H26F3NO. The second kappa shape index (κ2) is 8.00. The summed E-state index contributed by atoms with van der Waals surface area (Å²) in [4.78, 5) is 0. The molecule has 0 aliphatic rings. The van der Waals surface area contributed by atoms with Gasteiger partial charge in [-0.2, -0.15) is 13.2 Å². The summed E-state index contributed by atoms with van der Waals surface area (Å²) in [7, 11) is 0. The van der Waals surface area contributed by atoms with Crippen molar-refractivity contribution in [2.45, 2.75) is 71.2 Å². The van der Waals surface area contributed by atoms with Crippen LogP contribution in [0.25, 0.3) is 0 Å². The first-order chi connectivity index (χ1) is 8.13. The molecule has 0 aromatic carbocycles. The standard InChI is InChI=1S/C13H26F3NO/c1-11(13(14,15)16)18-10-8-6-5-7-9-17-12(2,3)4/h11,17H,5-10H2,1-4H3. The molecule has 5 heteroatoms. The van der Waals surface area contributed by atoms with Gasteiger partial charge in [0.05, 0.1) is 0 Å². The zero-order valence-electron chi connectivity index (χ0n) is 11.9. The summed E-state index contributed by atoms with van der Waals surface area (Å²) >= 11 is 0. The summed E-state index contributed by atoms with van der Waals surface area (Å²) in [6.45, 7) is 8.52. The molecule has 1 unspecified atom stereocenters. The van der Waals surface area contributed by atoms with Crippen molar-refractivity contribution >= 4 is 0 Å². The molecule has 0 aliphatic heterocycles. The van der Waals surface area contributed by atoms with Gasteiger partial charge in [-0.1, -0.05) is 12.8 Å². The molecule has 0 fully saturated rings. The van der Waals surface area contributed by atoms with Gasteiger partial charge in [0.15, 0.2) is 6.10 Å². The van der Waals surface area contributed by atoms with Gasteiger partial charge in [-0.3, -0.25) is 0 Å². The number of hydrogen-bond acceptors (Lipinski definition) is 2. The average Bonchev–Trinajstić information content (AvgIpc) is 2.18. The molecule has 110 valence electrons. The first kappa shape index (κ1) is 17.7. The molecular weight excluding hydrogens is 243 g/mol. The molecule has 0 aliphatic carbocycles. The first-order valence-corrected chi connectivity index (χ1v) is 6.56. The molecule has 0 amide bonds. The Morgan fingerprint density at radius 3 is 2.06 bits per heavy atom. The third kappa shape index (κ3) is 10.8. The van der Waals surface area contributed by atoms with Crippen molar-refractivity contribution in [3.63, 3.8) is 0 Å². The number of unbranched alkanes of at least 4 members (excludes halogenated alkanes) is 3. The van der Waals surface area contributed by atoms with Crippen LogP contribution in [0.2, 0.25) is 0 Å². The Hall–Kier alpha value is -0.290. The second-order valence-electron chi connectivity index (χ2n) is 5.65. The lowest BCUT2D eigenvalue weighted by Crippen LogP contribution is -2.36. The molecule has 18 heavy (non-hydrogen) atoms. The molecule has 0 bridgehead atoms. The number of hydrogen-bond donors (Lipinski definition) is 1. The minimum Gasteiger partial charge on any atom is -0.369 e.